The highest BCUT2D eigenvalue weighted by molar-refractivity contribution is 5.77. The number of benzene rings is 1. The summed E-state index contributed by atoms with van der Waals surface area (Å²) in [5.41, 5.74) is 0. The quantitative estimate of drug-likeness (QED) is 0.636. The fourth-order valence-corrected chi connectivity index (χ4v) is 1.99. The Morgan fingerprint density at radius 3 is 2.00 bits per heavy atom. The molecule has 0 fully saturated rings. The number of nitrogens with zero attached hydrogens (tertiary/aromatic N) is 1. The molecular formula is C17H27N3O4. The van der Waals surface area contributed by atoms with Gasteiger partial charge in [0.15, 0.2) is 6.61 Å². The first-order chi connectivity index (χ1) is 11.6. The zero-order valence-corrected chi connectivity index (χ0v) is 14.6. The maximum atomic E-state index is 11.7. The van der Waals surface area contributed by atoms with Crippen molar-refractivity contribution in [3.05, 3.63) is 24.3 Å². The van der Waals surface area contributed by atoms with E-state index in [4.69, 9.17) is 9.47 Å². The Hall–Kier alpha value is -2.44. The molecule has 1 rings (SSSR count). The van der Waals surface area contributed by atoms with Crippen LogP contribution in [0.1, 0.15) is 20.8 Å². The first-order valence-corrected chi connectivity index (χ1v) is 8.25. The molecule has 7 heteroatoms. The average molecular weight is 337 g/mol. The topological polar surface area (TPSA) is 79.9 Å². The number of hydrogen-bond acceptors (Lipinski definition) is 4. The molecule has 0 radical (unpaired) electrons. The van der Waals surface area contributed by atoms with Gasteiger partial charge in [0, 0.05) is 26.2 Å². The van der Waals surface area contributed by atoms with Gasteiger partial charge in [0.2, 0.25) is 0 Å². The SMILES string of the molecule is CCOc1ccc(OCC(=O)NCCNC(=O)N(CC)CC)cc1. The zero-order valence-electron chi connectivity index (χ0n) is 14.6. The minimum atomic E-state index is -0.235. The minimum Gasteiger partial charge on any atom is -0.494 e. The molecule has 0 bridgehead atoms. The molecule has 0 aliphatic carbocycles. The highest BCUT2D eigenvalue weighted by atomic mass is 16.5. The molecule has 1 aromatic carbocycles. The van der Waals surface area contributed by atoms with Crippen molar-refractivity contribution in [2.24, 2.45) is 0 Å². The van der Waals surface area contributed by atoms with E-state index in [1.165, 1.54) is 0 Å². The maximum absolute atomic E-state index is 11.7. The molecule has 7 nitrogen and oxygen atoms in total. The van der Waals surface area contributed by atoms with E-state index in [1.807, 2.05) is 20.8 Å². The number of carbonyl (C=O) groups excluding carboxylic acids is 2. The van der Waals surface area contributed by atoms with E-state index < -0.39 is 0 Å². The second-order valence-electron chi connectivity index (χ2n) is 4.95. The maximum Gasteiger partial charge on any atom is 0.317 e. The van der Waals surface area contributed by atoms with E-state index in [9.17, 15) is 9.59 Å². The van der Waals surface area contributed by atoms with Crippen LogP contribution in [0.3, 0.4) is 0 Å². The lowest BCUT2D eigenvalue weighted by Crippen LogP contribution is -2.43. The van der Waals surface area contributed by atoms with Gasteiger partial charge in [-0.05, 0) is 45.0 Å². The van der Waals surface area contributed by atoms with Crippen molar-refractivity contribution >= 4 is 11.9 Å². The molecule has 0 unspecified atom stereocenters. The van der Waals surface area contributed by atoms with Crippen molar-refractivity contribution in [3.8, 4) is 11.5 Å². The van der Waals surface area contributed by atoms with Crippen LogP contribution in [0, 0.1) is 0 Å². The Morgan fingerprint density at radius 2 is 1.46 bits per heavy atom. The third-order valence-corrected chi connectivity index (χ3v) is 3.28. The summed E-state index contributed by atoms with van der Waals surface area (Å²) in [6.45, 7) is 8.34. The molecule has 0 saturated heterocycles. The standard InChI is InChI=1S/C17H27N3O4/c1-4-20(5-2)17(22)19-12-11-18-16(21)13-24-15-9-7-14(8-10-15)23-6-3/h7-10H,4-6,11-13H2,1-3H3,(H,18,21)(H,19,22). The van der Waals surface area contributed by atoms with Crippen molar-refractivity contribution in [2.45, 2.75) is 20.8 Å². The number of amides is 3. The number of ether oxygens (including phenoxy) is 2. The van der Waals surface area contributed by atoms with Gasteiger partial charge in [0.1, 0.15) is 11.5 Å². The van der Waals surface area contributed by atoms with Crippen LogP contribution in [0.4, 0.5) is 4.79 Å². The second-order valence-corrected chi connectivity index (χ2v) is 4.95. The lowest BCUT2D eigenvalue weighted by atomic mass is 10.3. The van der Waals surface area contributed by atoms with Crippen molar-refractivity contribution in [2.75, 3.05) is 39.4 Å². The van der Waals surface area contributed by atoms with Crippen molar-refractivity contribution in [1.82, 2.24) is 15.5 Å². The van der Waals surface area contributed by atoms with Gasteiger partial charge in [-0.3, -0.25) is 4.79 Å². The summed E-state index contributed by atoms with van der Waals surface area (Å²) in [4.78, 5) is 25.1. The number of urea groups is 1. The molecule has 24 heavy (non-hydrogen) atoms. The second kappa shape index (κ2) is 11.2. The average Bonchev–Trinajstić information content (AvgIpc) is 2.59. The Morgan fingerprint density at radius 1 is 0.917 bits per heavy atom. The van der Waals surface area contributed by atoms with Crippen LogP contribution in [0.2, 0.25) is 0 Å². The largest absolute Gasteiger partial charge is 0.494 e. The molecular weight excluding hydrogens is 310 g/mol. The first kappa shape index (κ1) is 19.6. The molecule has 0 aromatic heterocycles. The molecule has 0 atom stereocenters. The van der Waals surface area contributed by atoms with Crippen molar-refractivity contribution in [1.29, 1.82) is 0 Å². The monoisotopic (exact) mass is 337 g/mol. The third-order valence-electron chi connectivity index (χ3n) is 3.28. The minimum absolute atomic E-state index is 0.0715. The van der Waals surface area contributed by atoms with Crippen LogP contribution >= 0.6 is 0 Å². The molecule has 134 valence electrons. The number of carbonyl (C=O) groups is 2. The summed E-state index contributed by atoms with van der Waals surface area (Å²) in [7, 11) is 0. The van der Waals surface area contributed by atoms with Gasteiger partial charge in [-0.15, -0.1) is 0 Å². The van der Waals surface area contributed by atoms with Crippen molar-refractivity contribution < 1.29 is 19.1 Å². The lowest BCUT2D eigenvalue weighted by molar-refractivity contribution is -0.123. The van der Waals surface area contributed by atoms with Crippen LogP contribution in [-0.4, -0.2) is 56.2 Å². The van der Waals surface area contributed by atoms with Crippen molar-refractivity contribution in [3.63, 3.8) is 0 Å². The predicted molar refractivity (Wildman–Crippen MR) is 92.4 cm³/mol. The molecule has 2 N–H and O–H groups in total. The number of hydrogen-bond donors (Lipinski definition) is 2. The van der Waals surface area contributed by atoms with E-state index in [1.54, 1.807) is 29.2 Å². The molecule has 0 saturated carbocycles. The lowest BCUT2D eigenvalue weighted by Gasteiger charge is -2.19. The summed E-state index contributed by atoms with van der Waals surface area (Å²) < 4.78 is 10.7. The molecule has 0 aliphatic heterocycles. The Labute approximate surface area is 143 Å². The summed E-state index contributed by atoms with van der Waals surface area (Å²) in [6.07, 6.45) is 0. The van der Waals surface area contributed by atoms with Gasteiger partial charge in [-0.1, -0.05) is 0 Å². The number of nitrogens with one attached hydrogen (secondary N) is 2. The smallest absolute Gasteiger partial charge is 0.317 e. The highest BCUT2D eigenvalue weighted by Gasteiger charge is 2.08. The molecule has 0 aliphatic rings. The van der Waals surface area contributed by atoms with Crippen LogP contribution in [0.25, 0.3) is 0 Å². The van der Waals surface area contributed by atoms with Gasteiger partial charge >= 0.3 is 6.03 Å². The molecule has 1 aromatic rings. The van der Waals surface area contributed by atoms with Gasteiger partial charge in [0.05, 0.1) is 6.61 Å². The van der Waals surface area contributed by atoms with Crippen LogP contribution < -0.4 is 20.1 Å². The van der Waals surface area contributed by atoms with Gasteiger partial charge in [-0.2, -0.15) is 0 Å². The molecule has 3 amide bonds. The van der Waals surface area contributed by atoms with Crippen LogP contribution in [-0.2, 0) is 4.79 Å². The van der Waals surface area contributed by atoms with E-state index >= 15 is 0 Å². The van der Waals surface area contributed by atoms with E-state index in [0.717, 1.165) is 5.75 Å². The Bertz CT molecular complexity index is 501. The summed E-state index contributed by atoms with van der Waals surface area (Å²) in [5, 5.41) is 5.44. The third kappa shape index (κ3) is 7.21. The number of rotatable bonds is 10. The highest BCUT2D eigenvalue weighted by Crippen LogP contribution is 2.17. The van der Waals surface area contributed by atoms with Crippen LogP contribution in [0.5, 0.6) is 11.5 Å². The van der Waals surface area contributed by atoms with E-state index in [0.29, 0.717) is 38.5 Å². The van der Waals surface area contributed by atoms with Gasteiger partial charge in [0.25, 0.3) is 5.91 Å². The molecule has 0 heterocycles. The fourth-order valence-electron chi connectivity index (χ4n) is 1.99. The van der Waals surface area contributed by atoms with E-state index in [2.05, 4.69) is 10.6 Å². The first-order valence-electron chi connectivity index (χ1n) is 8.25. The normalized spacial score (nSPS) is 9.96. The summed E-state index contributed by atoms with van der Waals surface area (Å²) in [5.74, 6) is 1.13. The van der Waals surface area contributed by atoms with Crippen LogP contribution in [0.15, 0.2) is 24.3 Å². The fraction of sp³-hybridized carbons (Fsp3) is 0.529. The summed E-state index contributed by atoms with van der Waals surface area (Å²) in [6, 6.07) is 6.96. The Kier molecular flexibility index (Phi) is 9.11. The summed E-state index contributed by atoms with van der Waals surface area (Å²) >= 11 is 0. The Balaban J connectivity index is 2.19. The van der Waals surface area contributed by atoms with Gasteiger partial charge in [-0.25, -0.2) is 4.79 Å². The van der Waals surface area contributed by atoms with E-state index in [-0.39, 0.29) is 18.5 Å². The zero-order chi connectivity index (χ0) is 17.8. The van der Waals surface area contributed by atoms with Gasteiger partial charge < -0.3 is 25.0 Å². The molecule has 0 spiro atoms. The predicted octanol–water partition coefficient (Wildman–Crippen LogP) is 1.63.